The molecule has 0 aromatic heterocycles. The van der Waals surface area contributed by atoms with Gasteiger partial charge >= 0.3 is 0 Å². The second-order valence-corrected chi connectivity index (χ2v) is 6.43. The number of guanidine groups is 1. The van der Waals surface area contributed by atoms with Crippen LogP contribution in [0.5, 0.6) is 0 Å². The SMILES string of the molecule is CN=C(NCC1CCC1)NCC1(N(C)C)CCCC1. The minimum Gasteiger partial charge on any atom is -0.356 e. The van der Waals surface area contributed by atoms with Gasteiger partial charge in [-0.15, -0.1) is 0 Å². The molecule has 2 aliphatic carbocycles. The third-order valence-corrected chi connectivity index (χ3v) is 5.07. The van der Waals surface area contributed by atoms with Gasteiger partial charge in [-0.05, 0) is 45.7 Å². The number of likely N-dealkylation sites (N-methyl/N-ethyl adjacent to an activating group) is 1. The minimum absolute atomic E-state index is 0.327. The standard InChI is InChI=1S/C15H30N4/c1-16-14(17-11-13-7-6-8-13)18-12-15(19(2)3)9-4-5-10-15/h13H,4-12H2,1-3H3,(H2,16,17,18). The van der Waals surface area contributed by atoms with E-state index in [0.717, 1.165) is 25.0 Å². The highest BCUT2D eigenvalue weighted by molar-refractivity contribution is 5.79. The summed E-state index contributed by atoms with van der Waals surface area (Å²) in [6.07, 6.45) is 9.47. The van der Waals surface area contributed by atoms with Crippen LogP contribution in [0.4, 0.5) is 0 Å². The highest BCUT2D eigenvalue weighted by Gasteiger charge is 2.35. The number of nitrogens with one attached hydrogen (secondary N) is 2. The summed E-state index contributed by atoms with van der Waals surface area (Å²) in [4.78, 5) is 6.74. The molecule has 0 spiro atoms. The summed E-state index contributed by atoms with van der Waals surface area (Å²) in [6.45, 7) is 2.08. The average molecular weight is 266 g/mol. The molecule has 0 heterocycles. The van der Waals surface area contributed by atoms with Crippen LogP contribution in [0.3, 0.4) is 0 Å². The van der Waals surface area contributed by atoms with E-state index in [1.54, 1.807) is 0 Å². The maximum atomic E-state index is 4.35. The minimum atomic E-state index is 0.327. The van der Waals surface area contributed by atoms with E-state index in [0.29, 0.717) is 5.54 Å². The summed E-state index contributed by atoms with van der Waals surface area (Å²) < 4.78 is 0. The fourth-order valence-corrected chi connectivity index (χ4v) is 3.22. The zero-order chi connectivity index (χ0) is 13.7. The van der Waals surface area contributed by atoms with Gasteiger partial charge in [-0.2, -0.15) is 0 Å². The molecular formula is C15H30N4. The van der Waals surface area contributed by atoms with Crippen molar-refractivity contribution in [1.82, 2.24) is 15.5 Å². The van der Waals surface area contributed by atoms with Crippen molar-refractivity contribution < 1.29 is 0 Å². The summed E-state index contributed by atoms with van der Waals surface area (Å²) in [7, 11) is 6.28. The molecule has 2 aliphatic rings. The third-order valence-electron chi connectivity index (χ3n) is 5.07. The molecule has 2 fully saturated rings. The first kappa shape index (κ1) is 14.6. The molecule has 2 saturated carbocycles. The lowest BCUT2D eigenvalue weighted by Gasteiger charge is -2.37. The number of rotatable bonds is 5. The van der Waals surface area contributed by atoms with Crippen LogP contribution < -0.4 is 10.6 Å². The fraction of sp³-hybridized carbons (Fsp3) is 0.933. The maximum Gasteiger partial charge on any atom is 0.191 e. The van der Waals surface area contributed by atoms with Gasteiger partial charge in [-0.3, -0.25) is 4.99 Å². The smallest absolute Gasteiger partial charge is 0.191 e. The summed E-state index contributed by atoms with van der Waals surface area (Å²) in [5, 5.41) is 7.01. The predicted octanol–water partition coefficient (Wildman–Crippen LogP) is 1.83. The van der Waals surface area contributed by atoms with E-state index in [4.69, 9.17) is 0 Å². The molecule has 4 nitrogen and oxygen atoms in total. The van der Waals surface area contributed by atoms with Crippen LogP contribution >= 0.6 is 0 Å². The number of hydrogen-bond donors (Lipinski definition) is 2. The second-order valence-electron chi connectivity index (χ2n) is 6.43. The Balaban J connectivity index is 1.77. The van der Waals surface area contributed by atoms with Crippen molar-refractivity contribution >= 4 is 5.96 Å². The summed E-state index contributed by atoms with van der Waals surface area (Å²) in [6, 6.07) is 0. The van der Waals surface area contributed by atoms with Crippen LogP contribution in [0.2, 0.25) is 0 Å². The molecule has 2 rings (SSSR count). The molecule has 0 aromatic carbocycles. The van der Waals surface area contributed by atoms with Gasteiger partial charge in [-0.1, -0.05) is 19.3 Å². The lowest BCUT2D eigenvalue weighted by molar-refractivity contribution is 0.160. The van der Waals surface area contributed by atoms with E-state index < -0.39 is 0 Å². The van der Waals surface area contributed by atoms with Crippen LogP contribution in [0, 0.1) is 5.92 Å². The molecule has 110 valence electrons. The van der Waals surface area contributed by atoms with Crippen LogP contribution in [0.15, 0.2) is 4.99 Å². The molecule has 19 heavy (non-hydrogen) atoms. The number of nitrogens with zero attached hydrogens (tertiary/aromatic N) is 2. The van der Waals surface area contributed by atoms with Crippen molar-refractivity contribution in [3.63, 3.8) is 0 Å². The highest BCUT2D eigenvalue weighted by Crippen LogP contribution is 2.33. The van der Waals surface area contributed by atoms with Gasteiger partial charge in [-0.25, -0.2) is 0 Å². The van der Waals surface area contributed by atoms with Crippen molar-refractivity contribution in [3.05, 3.63) is 0 Å². The lowest BCUT2D eigenvalue weighted by Crippen LogP contribution is -2.53. The molecule has 0 amide bonds. The normalized spacial score (nSPS) is 23.5. The summed E-state index contributed by atoms with van der Waals surface area (Å²) >= 11 is 0. The van der Waals surface area contributed by atoms with E-state index in [2.05, 4.69) is 34.6 Å². The topological polar surface area (TPSA) is 39.7 Å². The molecule has 0 aromatic rings. The Hall–Kier alpha value is -0.770. The van der Waals surface area contributed by atoms with Gasteiger partial charge in [0.2, 0.25) is 0 Å². The molecule has 0 atom stereocenters. The molecule has 0 aliphatic heterocycles. The molecular weight excluding hydrogens is 236 g/mol. The van der Waals surface area contributed by atoms with Gasteiger partial charge in [0.25, 0.3) is 0 Å². The van der Waals surface area contributed by atoms with Crippen LogP contribution in [-0.2, 0) is 0 Å². The number of hydrogen-bond acceptors (Lipinski definition) is 2. The average Bonchev–Trinajstić information content (AvgIpc) is 2.81. The molecule has 0 saturated heterocycles. The quantitative estimate of drug-likeness (QED) is 0.589. The van der Waals surface area contributed by atoms with Crippen LogP contribution in [0.25, 0.3) is 0 Å². The number of aliphatic imine (C=N–C) groups is 1. The predicted molar refractivity (Wildman–Crippen MR) is 81.6 cm³/mol. The Morgan fingerprint density at radius 1 is 1.16 bits per heavy atom. The van der Waals surface area contributed by atoms with E-state index in [1.165, 1.54) is 44.9 Å². The lowest BCUT2D eigenvalue weighted by atomic mass is 9.85. The highest BCUT2D eigenvalue weighted by atomic mass is 15.2. The van der Waals surface area contributed by atoms with Crippen LogP contribution in [-0.4, -0.2) is 50.6 Å². The Morgan fingerprint density at radius 3 is 2.32 bits per heavy atom. The van der Waals surface area contributed by atoms with E-state index >= 15 is 0 Å². The van der Waals surface area contributed by atoms with Crippen molar-refractivity contribution in [2.45, 2.75) is 50.5 Å². The monoisotopic (exact) mass is 266 g/mol. The zero-order valence-corrected chi connectivity index (χ0v) is 12.8. The van der Waals surface area contributed by atoms with Gasteiger partial charge in [0.05, 0.1) is 0 Å². The molecule has 0 bridgehead atoms. The van der Waals surface area contributed by atoms with Gasteiger partial charge < -0.3 is 15.5 Å². The van der Waals surface area contributed by atoms with Crippen molar-refractivity contribution in [2.75, 3.05) is 34.2 Å². The van der Waals surface area contributed by atoms with E-state index in [-0.39, 0.29) is 0 Å². The van der Waals surface area contributed by atoms with E-state index in [1.807, 2.05) is 7.05 Å². The summed E-state index contributed by atoms with van der Waals surface area (Å²) in [5.41, 5.74) is 0.327. The first-order valence-electron chi connectivity index (χ1n) is 7.78. The first-order valence-corrected chi connectivity index (χ1v) is 7.78. The van der Waals surface area contributed by atoms with Crippen molar-refractivity contribution in [1.29, 1.82) is 0 Å². The maximum absolute atomic E-state index is 4.35. The van der Waals surface area contributed by atoms with Gasteiger partial charge in [0, 0.05) is 25.7 Å². The fourth-order valence-electron chi connectivity index (χ4n) is 3.22. The Labute approximate surface area is 118 Å². The second kappa shape index (κ2) is 6.60. The first-order chi connectivity index (χ1) is 9.16. The molecule has 2 N–H and O–H groups in total. The van der Waals surface area contributed by atoms with Gasteiger partial charge in [0.15, 0.2) is 5.96 Å². The largest absolute Gasteiger partial charge is 0.356 e. The van der Waals surface area contributed by atoms with Crippen LogP contribution in [0.1, 0.15) is 44.9 Å². The molecule has 0 radical (unpaired) electrons. The Bertz CT molecular complexity index is 301. The van der Waals surface area contributed by atoms with Gasteiger partial charge in [0.1, 0.15) is 0 Å². The van der Waals surface area contributed by atoms with Crippen molar-refractivity contribution in [3.8, 4) is 0 Å². The molecule has 4 heteroatoms. The Morgan fingerprint density at radius 2 is 1.84 bits per heavy atom. The zero-order valence-electron chi connectivity index (χ0n) is 12.8. The molecule has 0 unspecified atom stereocenters. The van der Waals surface area contributed by atoms with E-state index in [9.17, 15) is 0 Å². The van der Waals surface area contributed by atoms with Crippen molar-refractivity contribution in [2.24, 2.45) is 10.9 Å². The summed E-state index contributed by atoms with van der Waals surface area (Å²) in [5.74, 6) is 1.84. The third kappa shape index (κ3) is 3.62. The Kier molecular flexibility index (Phi) is 5.08.